The Hall–Kier alpha value is -0.240. The molecule has 16 heavy (non-hydrogen) atoms. The van der Waals surface area contributed by atoms with Crippen LogP contribution in [0.1, 0.15) is 25.3 Å². The lowest BCUT2D eigenvalue weighted by atomic mass is 9.90. The third kappa shape index (κ3) is 2.37. The zero-order chi connectivity index (χ0) is 11.7. The molecular weight excluding hydrogens is 243 g/mol. The van der Waals surface area contributed by atoms with Gasteiger partial charge in [-0.1, -0.05) is 36.2 Å². The number of benzene rings is 1. The first-order valence-corrected chi connectivity index (χ1v) is 6.46. The van der Waals surface area contributed by atoms with Gasteiger partial charge < -0.3 is 5.11 Å². The molecule has 0 heterocycles. The van der Waals surface area contributed by atoms with Gasteiger partial charge in [0.05, 0.1) is 6.10 Å². The van der Waals surface area contributed by atoms with E-state index in [2.05, 4.69) is 6.92 Å². The molecule has 0 aliphatic heterocycles. The van der Waals surface area contributed by atoms with E-state index < -0.39 is 0 Å². The van der Waals surface area contributed by atoms with Crippen molar-refractivity contribution in [2.45, 2.75) is 32.3 Å². The van der Waals surface area contributed by atoms with Crippen LogP contribution in [0.3, 0.4) is 0 Å². The maximum atomic E-state index is 9.72. The predicted molar refractivity (Wildman–Crippen MR) is 68.1 cm³/mol. The van der Waals surface area contributed by atoms with Crippen LogP contribution < -0.4 is 0 Å². The first kappa shape index (κ1) is 12.2. The molecule has 0 radical (unpaired) electrons. The molecule has 0 spiro atoms. The van der Waals surface area contributed by atoms with Gasteiger partial charge in [-0.15, -0.1) is 0 Å². The highest BCUT2D eigenvalue weighted by Crippen LogP contribution is 2.37. The van der Waals surface area contributed by atoms with Crippen LogP contribution in [0.2, 0.25) is 10.0 Å². The molecule has 3 atom stereocenters. The second-order valence-corrected chi connectivity index (χ2v) is 5.48. The molecule has 2 rings (SSSR count). The molecule has 1 aromatic carbocycles. The highest BCUT2D eigenvalue weighted by Gasteiger charge is 2.31. The average molecular weight is 259 g/mol. The molecule has 1 aliphatic carbocycles. The lowest BCUT2D eigenvalue weighted by Crippen LogP contribution is -2.17. The van der Waals surface area contributed by atoms with Crippen molar-refractivity contribution in [1.29, 1.82) is 0 Å². The molecule has 0 bridgehead atoms. The van der Waals surface area contributed by atoms with Crippen molar-refractivity contribution < 1.29 is 5.11 Å². The van der Waals surface area contributed by atoms with Gasteiger partial charge in [0.1, 0.15) is 0 Å². The SMILES string of the molecule is CC1C(O)CCC1Cc1c(Cl)cccc1Cl. The van der Waals surface area contributed by atoms with E-state index in [-0.39, 0.29) is 6.10 Å². The molecule has 1 N–H and O–H groups in total. The highest BCUT2D eigenvalue weighted by atomic mass is 35.5. The van der Waals surface area contributed by atoms with Gasteiger partial charge in [-0.05, 0) is 48.8 Å². The molecule has 1 saturated carbocycles. The molecule has 0 saturated heterocycles. The molecule has 1 fully saturated rings. The molecule has 1 aromatic rings. The summed E-state index contributed by atoms with van der Waals surface area (Å²) in [4.78, 5) is 0. The van der Waals surface area contributed by atoms with Crippen LogP contribution in [0, 0.1) is 11.8 Å². The number of aliphatic hydroxyl groups is 1. The lowest BCUT2D eigenvalue weighted by molar-refractivity contribution is 0.127. The van der Waals surface area contributed by atoms with Gasteiger partial charge in [0.25, 0.3) is 0 Å². The summed E-state index contributed by atoms with van der Waals surface area (Å²) < 4.78 is 0. The summed E-state index contributed by atoms with van der Waals surface area (Å²) in [5.74, 6) is 0.833. The van der Waals surface area contributed by atoms with Crippen LogP contribution in [0.25, 0.3) is 0 Å². The first-order chi connectivity index (χ1) is 7.59. The first-order valence-electron chi connectivity index (χ1n) is 5.70. The van der Waals surface area contributed by atoms with E-state index in [9.17, 15) is 5.11 Å². The third-order valence-corrected chi connectivity index (χ3v) is 4.42. The van der Waals surface area contributed by atoms with Gasteiger partial charge >= 0.3 is 0 Å². The minimum absolute atomic E-state index is 0.161. The highest BCUT2D eigenvalue weighted by molar-refractivity contribution is 6.35. The summed E-state index contributed by atoms with van der Waals surface area (Å²) in [6.07, 6.45) is 2.67. The van der Waals surface area contributed by atoms with Gasteiger partial charge in [0.15, 0.2) is 0 Å². The maximum absolute atomic E-state index is 9.72. The van der Waals surface area contributed by atoms with Crippen LogP contribution in [0.15, 0.2) is 18.2 Å². The average Bonchev–Trinajstić information content (AvgIpc) is 2.55. The smallest absolute Gasteiger partial charge is 0.0568 e. The Kier molecular flexibility index (Phi) is 3.78. The van der Waals surface area contributed by atoms with Gasteiger partial charge in [0.2, 0.25) is 0 Å². The molecular formula is C13H16Cl2O. The normalized spacial score (nSPS) is 29.6. The summed E-state index contributed by atoms with van der Waals surface area (Å²) in [6.45, 7) is 2.10. The second-order valence-electron chi connectivity index (χ2n) is 4.67. The predicted octanol–water partition coefficient (Wildman–Crippen LogP) is 3.94. The summed E-state index contributed by atoms with van der Waals surface area (Å²) in [6, 6.07) is 5.61. The fraction of sp³-hybridized carbons (Fsp3) is 0.538. The minimum atomic E-state index is -0.161. The topological polar surface area (TPSA) is 20.2 Å². The van der Waals surface area contributed by atoms with E-state index >= 15 is 0 Å². The van der Waals surface area contributed by atoms with Crippen molar-refractivity contribution in [1.82, 2.24) is 0 Å². The van der Waals surface area contributed by atoms with E-state index in [1.54, 1.807) is 0 Å². The molecule has 3 heteroatoms. The molecule has 0 aromatic heterocycles. The van der Waals surface area contributed by atoms with E-state index in [1.807, 2.05) is 18.2 Å². The van der Waals surface area contributed by atoms with Crippen molar-refractivity contribution in [3.8, 4) is 0 Å². The molecule has 88 valence electrons. The standard InChI is InChI=1S/C13H16Cl2O/c1-8-9(5-6-13(8)16)7-10-11(14)3-2-4-12(10)15/h2-4,8-9,13,16H,5-7H2,1H3. The third-order valence-electron chi connectivity index (χ3n) is 3.71. The molecule has 0 amide bonds. The summed E-state index contributed by atoms with van der Waals surface area (Å²) in [7, 11) is 0. The van der Waals surface area contributed by atoms with Crippen molar-refractivity contribution in [3.05, 3.63) is 33.8 Å². The van der Waals surface area contributed by atoms with Crippen LogP contribution in [0.4, 0.5) is 0 Å². The largest absolute Gasteiger partial charge is 0.393 e. The Morgan fingerprint density at radius 2 is 1.88 bits per heavy atom. The summed E-state index contributed by atoms with van der Waals surface area (Å²) >= 11 is 12.3. The monoisotopic (exact) mass is 258 g/mol. The van der Waals surface area contributed by atoms with Crippen LogP contribution >= 0.6 is 23.2 Å². The van der Waals surface area contributed by atoms with Crippen LogP contribution in [-0.2, 0) is 6.42 Å². The second kappa shape index (κ2) is 4.95. The number of rotatable bonds is 2. The maximum Gasteiger partial charge on any atom is 0.0568 e. The fourth-order valence-corrected chi connectivity index (χ4v) is 3.05. The number of hydrogen-bond donors (Lipinski definition) is 1. The van der Waals surface area contributed by atoms with Gasteiger partial charge in [-0.3, -0.25) is 0 Å². The van der Waals surface area contributed by atoms with E-state index in [4.69, 9.17) is 23.2 Å². The lowest BCUT2D eigenvalue weighted by Gasteiger charge is -2.18. The Morgan fingerprint density at radius 1 is 1.25 bits per heavy atom. The van der Waals surface area contributed by atoms with E-state index in [1.165, 1.54) is 0 Å². The Morgan fingerprint density at radius 3 is 2.38 bits per heavy atom. The van der Waals surface area contributed by atoms with Gasteiger partial charge in [0, 0.05) is 10.0 Å². The number of halogens is 2. The van der Waals surface area contributed by atoms with Crippen LogP contribution in [0.5, 0.6) is 0 Å². The van der Waals surface area contributed by atoms with Crippen molar-refractivity contribution in [2.75, 3.05) is 0 Å². The Bertz CT molecular complexity index is 358. The Labute approximate surface area is 106 Å². The minimum Gasteiger partial charge on any atom is -0.393 e. The van der Waals surface area contributed by atoms with Crippen LogP contribution in [-0.4, -0.2) is 11.2 Å². The summed E-state index contributed by atoms with van der Waals surface area (Å²) in [5.41, 5.74) is 1.02. The van der Waals surface area contributed by atoms with Gasteiger partial charge in [-0.25, -0.2) is 0 Å². The molecule has 1 nitrogen and oxygen atoms in total. The zero-order valence-electron chi connectivity index (χ0n) is 9.29. The van der Waals surface area contributed by atoms with Crippen molar-refractivity contribution in [2.24, 2.45) is 11.8 Å². The van der Waals surface area contributed by atoms with Crippen molar-refractivity contribution >= 4 is 23.2 Å². The quantitative estimate of drug-likeness (QED) is 0.852. The Balaban J connectivity index is 2.15. The molecule has 1 aliphatic rings. The summed E-state index contributed by atoms with van der Waals surface area (Å²) in [5, 5.41) is 11.2. The van der Waals surface area contributed by atoms with Crippen molar-refractivity contribution in [3.63, 3.8) is 0 Å². The zero-order valence-corrected chi connectivity index (χ0v) is 10.8. The van der Waals surface area contributed by atoms with E-state index in [0.29, 0.717) is 11.8 Å². The number of hydrogen-bond acceptors (Lipinski definition) is 1. The van der Waals surface area contributed by atoms with E-state index in [0.717, 1.165) is 34.9 Å². The number of aliphatic hydroxyl groups excluding tert-OH is 1. The molecule has 3 unspecified atom stereocenters. The van der Waals surface area contributed by atoms with Gasteiger partial charge in [-0.2, -0.15) is 0 Å². The fourth-order valence-electron chi connectivity index (χ4n) is 2.50.